The van der Waals surface area contributed by atoms with Gasteiger partial charge in [-0.3, -0.25) is 4.57 Å². The number of hydrogen-bond donors (Lipinski definition) is 1. The third kappa shape index (κ3) is 1.18. The molecule has 2 N–H and O–H groups in total. The summed E-state index contributed by atoms with van der Waals surface area (Å²) in [5.41, 5.74) is 5.49. The fourth-order valence-electron chi connectivity index (χ4n) is 1.10. The Hall–Kier alpha value is -1.76. The molecule has 0 spiro atoms. The number of nitrogens with zero attached hydrogens (tertiary/aromatic N) is 6. The summed E-state index contributed by atoms with van der Waals surface area (Å²) in [6.45, 7) is 0.361. The fourth-order valence-corrected chi connectivity index (χ4v) is 1.10. The lowest BCUT2D eigenvalue weighted by Gasteiger charge is -2.01. The van der Waals surface area contributed by atoms with Crippen LogP contribution in [0.2, 0.25) is 0 Å². The quantitative estimate of drug-likeness (QED) is 0.629. The lowest BCUT2D eigenvalue weighted by Crippen LogP contribution is -2.10. The first kappa shape index (κ1) is 7.87. The van der Waals surface area contributed by atoms with E-state index < -0.39 is 0 Å². The summed E-state index contributed by atoms with van der Waals surface area (Å²) in [4.78, 5) is 4.06. The molecule has 7 heteroatoms. The highest BCUT2D eigenvalue weighted by molar-refractivity contribution is 5.12. The van der Waals surface area contributed by atoms with Crippen molar-refractivity contribution in [1.82, 2.24) is 29.8 Å². The molecule has 0 bridgehead atoms. The second kappa shape index (κ2) is 2.94. The van der Waals surface area contributed by atoms with E-state index in [9.17, 15) is 0 Å². The predicted molar refractivity (Wildman–Crippen MR) is 43.8 cm³/mol. The first-order valence-corrected chi connectivity index (χ1v) is 3.78. The van der Waals surface area contributed by atoms with Crippen LogP contribution in [0.25, 0.3) is 5.95 Å². The number of tetrazole rings is 1. The molecule has 0 aromatic carbocycles. The summed E-state index contributed by atoms with van der Waals surface area (Å²) in [6, 6.07) is 0. The summed E-state index contributed by atoms with van der Waals surface area (Å²) in [5, 5.41) is 11.1. The van der Waals surface area contributed by atoms with Crippen LogP contribution in [0, 0.1) is 0 Å². The smallest absolute Gasteiger partial charge is 0.254 e. The number of aromatic nitrogens is 6. The molecule has 0 aliphatic rings. The van der Waals surface area contributed by atoms with Crippen molar-refractivity contribution in [2.75, 3.05) is 0 Å². The summed E-state index contributed by atoms with van der Waals surface area (Å²) < 4.78 is 3.31. The second-order valence-corrected chi connectivity index (χ2v) is 2.52. The summed E-state index contributed by atoms with van der Waals surface area (Å²) in [6.07, 6.45) is 3.44. The van der Waals surface area contributed by atoms with Crippen LogP contribution in [0.4, 0.5) is 0 Å². The Balaban J connectivity index is 2.52. The molecule has 0 aliphatic carbocycles. The maximum atomic E-state index is 5.49. The average Bonchev–Trinajstić information content (AvgIpc) is 2.71. The number of rotatable bonds is 2. The summed E-state index contributed by atoms with van der Waals surface area (Å²) >= 11 is 0. The molecule has 68 valence electrons. The molecule has 2 heterocycles. The Morgan fingerprint density at radius 2 is 2.38 bits per heavy atom. The Morgan fingerprint density at radius 1 is 1.54 bits per heavy atom. The van der Waals surface area contributed by atoms with Gasteiger partial charge in [0.05, 0.1) is 6.54 Å². The minimum Gasteiger partial charge on any atom is -0.324 e. The van der Waals surface area contributed by atoms with Crippen molar-refractivity contribution >= 4 is 0 Å². The van der Waals surface area contributed by atoms with Crippen molar-refractivity contribution in [3.8, 4) is 5.95 Å². The highest BCUT2D eigenvalue weighted by Crippen LogP contribution is 2.03. The zero-order chi connectivity index (χ0) is 9.26. The van der Waals surface area contributed by atoms with Gasteiger partial charge in [-0.15, -0.1) is 0 Å². The van der Waals surface area contributed by atoms with Crippen molar-refractivity contribution < 1.29 is 0 Å². The molecule has 13 heavy (non-hydrogen) atoms. The van der Waals surface area contributed by atoms with Gasteiger partial charge in [-0.2, -0.15) is 0 Å². The Labute approximate surface area is 74.2 Å². The van der Waals surface area contributed by atoms with Crippen LogP contribution >= 0.6 is 0 Å². The predicted octanol–water partition coefficient (Wildman–Crippen LogP) is -1.15. The van der Waals surface area contributed by atoms with E-state index >= 15 is 0 Å². The third-order valence-electron chi connectivity index (χ3n) is 1.71. The van der Waals surface area contributed by atoms with Crippen molar-refractivity contribution in [2.45, 2.75) is 6.54 Å². The van der Waals surface area contributed by atoms with Gasteiger partial charge in [0.1, 0.15) is 5.82 Å². The molecule has 2 rings (SSSR count). The first-order chi connectivity index (χ1) is 6.33. The minimum absolute atomic E-state index is 0.361. The van der Waals surface area contributed by atoms with E-state index in [0.717, 1.165) is 5.82 Å². The summed E-state index contributed by atoms with van der Waals surface area (Å²) in [7, 11) is 1.76. The molecule has 0 amide bonds. The van der Waals surface area contributed by atoms with Crippen LogP contribution < -0.4 is 5.73 Å². The molecule has 0 saturated carbocycles. The molecular formula is C6H9N7. The maximum Gasteiger partial charge on any atom is 0.254 e. The maximum absolute atomic E-state index is 5.49. The highest BCUT2D eigenvalue weighted by Gasteiger charge is 2.08. The number of hydrogen-bond acceptors (Lipinski definition) is 5. The number of imidazole rings is 1. The van der Waals surface area contributed by atoms with E-state index in [0.29, 0.717) is 12.5 Å². The highest BCUT2D eigenvalue weighted by atomic mass is 15.6. The fraction of sp³-hybridized carbons (Fsp3) is 0.333. The Morgan fingerprint density at radius 3 is 3.00 bits per heavy atom. The lowest BCUT2D eigenvalue weighted by atomic mass is 10.6. The van der Waals surface area contributed by atoms with Gasteiger partial charge in [0.25, 0.3) is 5.95 Å². The largest absolute Gasteiger partial charge is 0.324 e. The molecule has 0 atom stereocenters. The van der Waals surface area contributed by atoms with Crippen molar-refractivity contribution in [2.24, 2.45) is 12.8 Å². The van der Waals surface area contributed by atoms with E-state index in [1.54, 1.807) is 28.7 Å². The molecule has 0 radical (unpaired) electrons. The van der Waals surface area contributed by atoms with Gasteiger partial charge in [-0.1, -0.05) is 5.10 Å². The van der Waals surface area contributed by atoms with E-state index in [1.165, 1.54) is 0 Å². The zero-order valence-corrected chi connectivity index (χ0v) is 7.12. The first-order valence-electron chi connectivity index (χ1n) is 3.78. The molecule has 0 saturated heterocycles. The number of nitrogens with two attached hydrogens (primary N) is 1. The van der Waals surface area contributed by atoms with Crippen molar-refractivity contribution in [3.05, 3.63) is 18.2 Å². The summed E-state index contributed by atoms with van der Waals surface area (Å²) in [5.74, 6) is 1.34. The van der Waals surface area contributed by atoms with Crippen LogP contribution in [-0.4, -0.2) is 29.8 Å². The SMILES string of the molecule is Cn1nnnc1-n1ccnc1CN. The molecular weight excluding hydrogens is 170 g/mol. The zero-order valence-electron chi connectivity index (χ0n) is 7.12. The van der Waals surface area contributed by atoms with E-state index in [4.69, 9.17) is 5.73 Å². The monoisotopic (exact) mass is 179 g/mol. The van der Waals surface area contributed by atoms with Gasteiger partial charge in [-0.05, 0) is 10.4 Å². The molecule has 0 fully saturated rings. The second-order valence-electron chi connectivity index (χ2n) is 2.52. The van der Waals surface area contributed by atoms with E-state index in [-0.39, 0.29) is 0 Å². The minimum atomic E-state index is 0.361. The van der Waals surface area contributed by atoms with Crippen LogP contribution in [-0.2, 0) is 13.6 Å². The standard InChI is InChI=1S/C6H9N7/c1-12-6(9-10-11-12)13-3-2-8-5(13)4-7/h2-3H,4,7H2,1H3. The van der Waals surface area contributed by atoms with Gasteiger partial charge in [0.15, 0.2) is 0 Å². The van der Waals surface area contributed by atoms with Gasteiger partial charge < -0.3 is 5.73 Å². The van der Waals surface area contributed by atoms with Crippen molar-refractivity contribution in [3.63, 3.8) is 0 Å². The number of aryl methyl sites for hydroxylation is 1. The van der Waals surface area contributed by atoms with Crippen LogP contribution in [0.15, 0.2) is 12.4 Å². The normalized spacial score (nSPS) is 10.6. The third-order valence-corrected chi connectivity index (χ3v) is 1.71. The molecule has 0 unspecified atom stereocenters. The van der Waals surface area contributed by atoms with Gasteiger partial charge in [-0.25, -0.2) is 9.67 Å². The molecule has 2 aromatic rings. The average molecular weight is 179 g/mol. The topological polar surface area (TPSA) is 87.4 Å². The van der Waals surface area contributed by atoms with Crippen molar-refractivity contribution in [1.29, 1.82) is 0 Å². The Kier molecular flexibility index (Phi) is 1.78. The lowest BCUT2D eigenvalue weighted by molar-refractivity contribution is 0.682. The van der Waals surface area contributed by atoms with E-state index in [1.807, 2.05) is 0 Å². The van der Waals surface area contributed by atoms with Gasteiger partial charge >= 0.3 is 0 Å². The molecule has 0 aliphatic heterocycles. The van der Waals surface area contributed by atoms with Crippen LogP contribution in [0.1, 0.15) is 5.82 Å². The van der Waals surface area contributed by atoms with Gasteiger partial charge in [0, 0.05) is 19.4 Å². The van der Waals surface area contributed by atoms with Gasteiger partial charge in [0.2, 0.25) is 0 Å². The molecule has 2 aromatic heterocycles. The Bertz CT molecular complexity index is 401. The van der Waals surface area contributed by atoms with Crippen LogP contribution in [0.5, 0.6) is 0 Å². The van der Waals surface area contributed by atoms with Crippen LogP contribution in [0.3, 0.4) is 0 Å². The van der Waals surface area contributed by atoms with E-state index in [2.05, 4.69) is 20.5 Å². The molecule has 7 nitrogen and oxygen atoms in total.